The quantitative estimate of drug-likeness (QED) is 0.559. The number of benzene rings is 1. The normalized spacial score (nSPS) is 12.7. The third kappa shape index (κ3) is 5.34. The van der Waals surface area contributed by atoms with Crippen LogP contribution in [0.25, 0.3) is 11.3 Å². The zero-order valence-electron chi connectivity index (χ0n) is 14.2. The molecule has 1 aromatic carbocycles. The first-order chi connectivity index (χ1) is 12.9. The molecule has 7 heteroatoms. The number of halogens is 4. The second-order valence-electron chi connectivity index (χ2n) is 5.93. The summed E-state index contributed by atoms with van der Waals surface area (Å²) in [5.41, 5.74) is 2.28. The summed E-state index contributed by atoms with van der Waals surface area (Å²) in [6, 6.07) is 12.4. The van der Waals surface area contributed by atoms with Crippen molar-refractivity contribution >= 4 is 0 Å². The molecule has 0 N–H and O–H groups in total. The first kappa shape index (κ1) is 19.0. The molecule has 0 fully saturated rings. The molecule has 0 aliphatic rings. The number of ether oxygens (including phenoxy) is 1. The number of nitrogens with zero attached hydrogens (tertiary/aromatic N) is 2. The molecule has 0 bridgehead atoms. The fourth-order valence-corrected chi connectivity index (χ4v) is 2.71. The van der Waals surface area contributed by atoms with Gasteiger partial charge in [0, 0.05) is 36.1 Å². The molecule has 0 spiro atoms. The number of hydrogen-bond acceptors (Lipinski definition) is 3. The van der Waals surface area contributed by atoms with E-state index >= 15 is 0 Å². The lowest BCUT2D eigenvalue weighted by molar-refractivity contribution is -0.186. The molecule has 0 radical (unpaired) electrons. The van der Waals surface area contributed by atoms with Crippen LogP contribution in [0.4, 0.5) is 17.6 Å². The van der Waals surface area contributed by atoms with Crippen LogP contribution in [0.5, 0.6) is 0 Å². The SMILES string of the molecule is Fc1ccc(-c2ncccc2C(Cc2cccnc2)OCC(F)(F)F)cc1. The predicted molar refractivity (Wildman–Crippen MR) is 92.3 cm³/mol. The van der Waals surface area contributed by atoms with Gasteiger partial charge in [-0.05, 0) is 42.0 Å². The van der Waals surface area contributed by atoms with Gasteiger partial charge in [-0.2, -0.15) is 13.2 Å². The van der Waals surface area contributed by atoms with E-state index in [1.807, 2.05) is 0 Å². The largest absolute Gasteiger partial charge is 0.411 e. The van der Waals surface area contributed by atoms with E-state index in [9.17, 15) is 17.6 Å². The van der Waals surface area contributed by atoms with Crippen LogP contribution in [0, 0.1) is 5.82 Å². The highest BCUT2D eigenvalue weighted by molar-refractivity contribution is 5.63. The molecule has 140 valence electrons. The van der Waals surface area contributed by atoms with Crippen LogP contribution < -0.4 is 0 Å². The minimum absolute atomic E-state index is 0.198. The zero-order chi connectivity index (χ0) is 19.3. The van der Waals surface area contributed by atoms with Gasteiger partial charge in [0.15, 0.2) is 0 Å². The van der Waals surface area contributed by atoms with Crippen molar-refractivity contribution in [2.24, 2.45) is 0 Å². The van der Waals surface area contributed by atoms with Gasteiger partial charge in [-0.1, -0.05) is 12.1 Å². The highest BCUT2D eigenvalue weighted by atomic mass is 19.4. The first-order valence-corrected chi connectivity index (χ1v) is 8.20. The Kier molecular flexibility index (Phi) is 5.81. The second-order valence-corrected chi connectivity index (χ2v) is 5.93. The average Bonchev–Trinajstić information content (AvgIpc) is 2.66. The van der Waals surface area contributed by atoms with Gasteiger partial charge in [-0.3, -0.25) is 9.97 Å². The van der Waals surface area contributed by atoms with E-state index < -0.39 is 24.7 Å². The van der Waals surface area contributed by atoms with Gasteiger partial charge in [-0.25, -0.2) is 4.39 Å². The molecule has 3 aromatic rings. The molecule has 0 amide bonds. The van der Waals surface area contributed by atoms with Crippen molar-refractivity contribution in [1.29, 1.82) is 0 Å². The van der Waals surface area contributed by atoms with Gasteiger partial charge in [-0.15, -0.1) is 0 Å². The Morgan fingerprint density at radius 3 is 2.37 bits per heavy atom. The molecule has 0 saturated carbocycles. The van der Waals surface area contributed by atoms with Crippen molar-refractivity contribution in [3.05, 3.63) is 84.1 Å². The maximum absolute atomic E-state index is 13.2. The van der Waals surface area contributed by atoms with Gasteiger partial charge < -0.3 is 4.74 Å². The van der Waals surface area contributed by atoms with E-state index in [1.165, 1.54) is 30.5 Å². The second kappa shape index (κ2) is 8.26. The fourth-order valence-electron chi connectivity index (χ4n) is 2.71. The van der Waals surface area contributed by atoms with Crippen LogP contribution in [0.1, 0.15) is 17.2 Å². The van der Waals surface area contributed by atoms with Crippen molar-refractivity contribution in [3.8, 4) is 11.3 Å². The Labute approximate surface area is 153 Å². The van der Waals surface area contributed by atoms with Crippen LogP contribution in [-0.2, 0) is 11.2 Å². The highest BCUT2D eigenvalue weighted by Crippen LogP contribution is 2.32. The third-order valence-electron chi connectivity index (χ3n) is 3.90. The summed E-state index contributed by atoms with van der Waals surface area (Å²) >= 11 is 0. The summed E-state index contributed by atoms with van der Waals surface area (Å²) in [4.78, 5) is 8.28. The van der Waals surface area contributed by atoms with Crippen LogP contribution in [-0.4, -0.2) is 22.8 Å². The molecule has 27 heavy (non-hydrogen) atoms. The maximum Gasteiger partial charge on any atom is 0.411 e. The number of rotatable bonds is 6. The van der Waals surface area contributed by atoms with Crippen molar-refractivity contribution in [2.75, 3.05) is 6.61 Å². The summed E-state index contributed by atoms with van der Waals surface area (Å²) < 4.78 is 56.7. The molecule has 1 atom stereocenters. The van der Waals surface area contributed by atoms with Crippen molar-refractivity contribution < 1.29 is 22.3 Å². The molecule has 3 nitrogen and oxygen atoms in total. The van der Waals surface area contributed by atoms with Crippen molar-refractivity contribution in [3.63, 3.8) is 0 Å². The Hall–Kier alpha value is -2.80. The minimum atomic E-state index is -4.45. The van der Waals surface area contributed by atoms with Gasteiger partial charge in [0.05, 0.1) is 11.8 Å². The zero-order valence-corrected chi connectivity index (χ0v) is 14.2. The van der Waals surface area contributed by atoms with E-state index in [2.05, 4.69) is 9.97 Å². The molecule has 2 aromatic heterocycles. The summed E-state index contributed by atoms with van der Waals surface area (Å²) in [6.07, 6.45) is -0.437. The molecule has 0 aliphatic carbocycles. The van der Waals surface area contributed by atoms with Crippen LogP contribution in [0.15, 0.2) is 67.1 Å². The molecule has 0 saturated heterocycles. The number of aromatic nitrogens is 2. The van der Waals surface area contributed by atoms with E-state index in [0.717, 1.165) is 5.56 Å². The molecule has 3 rings (SSSR count). The first-order valence-electron chi connectivity index (χ1n) is 8.20. The van der Waals surface area contributed by atoms with Crippen molar-refractivity contribution in [2.45, 2.75) is 18.7 Å². The monoisotopic (exact) mass is 376 g/mol. The third-order valence-corrected chi connectivity index (χ3v) is 3.90. The summed E-state index contributed by atoms with van der Waals surface area (Å²) in [5.74, 6) is -0.406. The summed E-state index contributed by atoms with van der Waals surface area (Å²) in [6.45, 7) is -1.38. The topological polar surface area (TPSA) is 35.0 Å². The van der Waals surface area contributed by atoms with E-state index in [0.29, 0.717) is 16.8 Å². The van der Waals surface area contributed by atoms with E-state index in [1.54, 1.807) is 36.7 Å². The van der Waals surface area contributed by atoms with Gasteiger partial charge in [0.25, 0.3) is 0 Å². The lowest BCUT2D eigenvalue weighted by Gasteiger charge is -2.21. The van der Waals surface area contributed by atoms with E-state index in [4.69, 9.17) is 4.74 Å². The molecule has 2 heterocycles. The maximum atomic E-state index is 13.2. The molecule has 0 aliphatic heterocycles. The fraction of sp³-hybridized carbons (Fsp3) is 0.200. The Morgan fingerprint density at radius 1 is 0.963 bits per heavy atom. The number of pyridine rings is 2. The number of alkyl halides is 3. The Morgan fingerprint density at radius 2 is 1.70 bits per heavy atom. The smallest absolute Gasteiger partial charge is 0.364 e. The minimum Gasteiger partial charge on any atom is -0.364 e. The predicted octanol–water partition coefficient (Wildman–Crippen LogP) is 5.15. The van der Waals surface area contributed by atoms with Crippen molar-refractivity contribution in [1.82, 2.24) is 9.97 Å². The number of hydrogen-bond donors (Lipinski definition) is 0. The molecular formula is C20H16F4N2O. The average molecular weight is 376 g/mol. The van der Waals surface area contributed by atoms with Gasteiger partial charge >= 0.3 is 6.18 Å². The van der Waals surface area contributed by atoms with E-state index in [-0.39, 0.29) is 6.42 Å². The van der Waals surface area contributed by atoms with Crippen LogP contribution in [0.2, 0.25) is 0 Å². The Bertz CT molecular complexity index is 867. The van der Waals surface area contributed by atoms with Gasteiger partial charge in [0.2, 0.25) is 0 Å². The van der Waals surface area contributed by atoms with Crippen LogP contribution in [0.3, 0.4) is 0 Å². The Balaban J connectivity index is 1.97. The molecule has 1 unspecified atom stereocenters. The van der Waals surface area contributed by atoms with Crippen LogP contribution >= 0.6 is 0 Å². The van der Waals surface area contributed by atoms with Gasteiger partial charge in [0.1, 0.15) is 12.4 Å². The lowest BCUT2D eigenvalue weighted by atomic mass is 9.97. The molecular weight excluding hydrogens is 360 g/mol. The standard InChI is InChI=1S/C20H16F4N2O/c21-16-7-5-15(6-8-16)19-17(4-2-10-26-19)18(27-13-20(22,23)24)11-14-3-1-9-25-12-14/h1-10,12,18H,11,13H2. The summed E-state index contributed by atoms with van der Waals surface area (Å²) in [5, 5.41) is 0. The summed E-state index contributed by atoms with van der Waals surface area (Å²) in [7, 11) is 0. The highest BCUT2D eigenvalue weighted by Gasteiger charge is 2.30. The lowest BCUT2D eigenvalue weighted by Crippen LogP contribution is -2.21.